The van der Waals surface area contributed by atoms with Crippen LogP contribution in [0.2, 0.25) is 0 Å². The Labute approximate surface area is 169 Å². The summed E-state index contributed by atoms with van der Waals surface area (Å²) in [5.41, 5.74) is 2.84. The number of unbranched alkanes of at least 4 members (excludes halogenated alkanes) is 2. The minimum absolute atomic E-state index is 0. The fourth-order valence-electron chi connectivity index (χ4n) is 3.02. The summed E-state index contributed by atoms with van der Waals surface area (Å²) >= 11 is 0. The molecule has 0 saturated carbocycles. The molecule has 0 radical (unpaired) electrons. The molecule has 1 N–H and O–H groups in total. The number of likely N-dealkylation sites (tertiary alicyclic amines) is 1. The lowest BCUT2D eigenvalue weighted by Crippen LogP contribution is -2.44. The molecule has 140 valence electrons. The van der Waals surface area contributed by atoms with Crippen LogP contribution in [0.4, 0.5) is 0 Å². The molecule has 0 aromatic heterocycles. The zero-order valence-electron chi connectivity index (χ0n) is 15.5. The SMILES string of the molecule is CN=C(NCCCCCOC)N1CCC(=Cc2ccccc2)CC1.I. The second kappa shape index (κ2) is 13.2. The first kappa shape index (κ1) is 22.0. The van der Waals surface area contributed by atoms with E-state index in [-0.39, 0.29) is 24.0 Å². The average Bonchev–Trinajstić information content (AvgIpc) is 2.63. The topological polar surface area (TPSA) is 36.9 Å². The molecule has 1 aliphatic heterocycles. The molecule has 2 rings (SSSR count). The lowest BCUT2D eigenvalue weighted by molar-refractivity contribution is 0.192. The second-order valence-electron chi connectivity index (χ2n) is 6.23. The molecule has 1 heterocycles. The maximum atomic E-state index is 5.08. The van der Waals surface area contributed by atoms with Gasteiger partial charge in [-0.05, 0) is 37.7 Å². The molecule has 0 amide bonds. The number of guanidine groups is 1. The minimum atomic E-state index is 0. The Morgan fingerprint density at radius 3 is 2.52 bits per heavy atom. The minimum Gasteiger partial charge on any atom is -0.385 e. The summed E-state index contributed by atoms with van der Waals surface area (Å²) in [7, 11) is 3.64. The lowest BCUT2D eigenvalue weighted by atomic mass is 10.0. The van der Waals surface area contributed by atoms with Crippen LogP contribution in [0.3, 0.4) is 0 Å². The van der Waals surface area contributed by atoms with Gasteiger partial charge in [-0.1, -0.05) is 42.0 Å². The van der Waals surface area contributed by atoms with Crippen LogP contribution in [0.5, 0.6) is 0 Å². The first-order valence-electron chi connectivity index (χ1n) is 9.02. The fraction of sp³-hybridized carbons (Fsp3) is 0.550. The van der Waals surface area contributed by atoms with Crippen molar-refractivity contribution in [3.63, 3.8) is 0 Å². The van der Waals surface area contributed by atoms with Gasteiger partial charge in [0.25, 0.3) is 0 Å². The molecule has 5 heteroatoms. The van der Waals surface area contributed by atoms with Crippen molar-refractivity contribution in [2.75, 3.05) is 40.4 Å². The number of rotatable bonds is 7. The first-order chi connectivity index (χ1) is 11.8. The molecule has 0 atom stereocenters. The van der Waals surface area contributed by atoms with E-state index in [9.17, 15) is 0 Å². The highest BCUT2D eigenvalue weighted by Gasteiger charge is 2.16. The maximum absolute atomic E-state index is 5.08. The summed E-state index contributed by atoms with van der Waals surface area (Å²) in [6, 6.07) is 10.6. The number of methoxy groups -OCH3 is 1. The Balaban J connectivity index is 0.00000312. The third kappa shape index (κ3) is 8.23. The summed E-state index contributed by atoms with van der Waals surface area (Å²) in [4.78, 5) is 6.81. The average molecular weight is 457 g/mol. The summed E-state index contributed by atoms with van der Waals surface area (Å²) in [5, 5.41) is 3.50. The van der Waals surface area contributed by atoms with Gasteiger partial charge in [0, 0.05) is 40.4 Å². The van der Waals surface area contributed by atoms with E-state index >= 15 is 0 Å². The highest BCUT2D eigenvalue weighted by atomic mass is 127. The Kier molecular flexibility index (Phi) is 11.6. The van der Waals surface area contributed by atoms with Gasteiger partial charge in [0.1, 0.15) is 0 Å². The van der Waals surface area contributed by atoms with Crippen molar-refractivity contribution >= 4 is 36.0 Å². The van der Waals surface area contributed by atoms with Crippen LogP contribution in [-0.4, -0.2) is 51.3 Å². The second-order valence-corrected chi connectivity index (χ2v) is 6.23. The highest BCUT2D eigenvalue weighted by Crippen LogP contribution is 2.19. The van der Waals surface area contributed by atoms with Gasteiger partial charge in [0.15, 0.2) is 5.96 Å². The largest absolute Gasteiger partial charge is 0.385 e. The Morgan fingerprint density at radius 2 is 1.88 bits per heavy atom. The summed E-state index contributed by atoms with van der Waals surface area (Å²) in [6.45, 7) is 3.93. The number of nitrogens with zero attached hydrogens (tertiary/aromatic N) is 2. The van der Waals surface area contributed by atoms with Gasteiger partial charge >= 0.3 is 0 Å². The van der Waals surface area contributed by atoms with Crippen molar-refractivity contribution in [2.24, 2.45) is 4.99 Å². The van der Waals surface area contributed by atoms with Gasteiger partial charge in [-0.3, -0.25) is 4.99 Å². The standard InChI is InChI=1S/C20H31N3O.HI/c1-21-20(22-13-7-4-8-16-24-2)23-14-11-19(12-15-23)17-18-9-5-3-6-10-18;/h3,5-6,9-10,17H,4,7-8,11-16H2,1-2H3,(H,21,22);1H. The summed E-state index contributed by atoms with van der Waals surface area (Å²) < 4.78 is 5.08. The van der Waals surface area contributed by atoms with E-state index in [1.54, 1.807) is 7.11 Å². The highest BCUT2D eigenvalue weighted by molar-refractivity contribution is 14.0. The Bertz CT molecular complexity index is 521. The van der Waals surface area contributed by atoms with Gasteiger partial charge in [-0.2, -0.15) is 0 Å². The van der Waals surface area contributed by atoms with Gasteiger partial charge in [-0.25, -0.2) is 0 Å². The van der Waals surface area contributed by atoms with Crippen molar-refractivity contribution in [3.8, 4) is 0 Å². The van der Waals surface area contributed by atoms with Crippen LogP contribution in [0, 0.1) is 0 Å². The van der Waals surface area contributed by atoms with Crippen LogP contribution in [0.15, 0.2) is 40.9 Å². The van der Waals surface area contributed by atoms with Crippen LogP contribution in [-0.2, 0) is 4.74 Å². The molecule has 0 bridgehead atoms. The smallest absolute Gasteiger partial charge is 0.193 e. The van der Waals surface area contributed by atoms with Crippen LogP contribution in [0.1, 0.15) is 37.7 Å². The summed E-state index contributed by atoms with van der Waals surface area (Å²) in [5.74, 6) is 1.04. The van der Waals surface area contributed by atoms with E-state index in [0.717, 1.165) is 57.9 Å². The number of halogens is 1. The van der Waals surface area contributed by atoms with Crippen LogP contribution in [0.25, 0.3) is 6.08 Å². The van der Waals surface area contributed by atoms with Gasteiger partial charge in [-0.15, -0.1) is 24.0 Å². The molecule has 0 spiro atoms. The van der Waals surface area contributed by atoms with Crippen molar-refractivity contribution in [1.82, 2.24) is 10.2 Å². The third-order valence-electron chi connectivity index (χ3n) is 4.40. The number of ether oxygens (including phenoxy) is 1. The predicted octanol–water partition coefficient (Wildman–Crippen LogP) is 4.18. The first-order valence-corrected chi connectivity index (χ1v) is 9.02. The summed E-state index contributed by atoms with van der Waals surface area (Å²) in [6.07, 6.45) is 8.06. The quantitative estimate of drug-likeness (QED) is 0.289. The number of piperidine rings is 1. The molecular formula is C20H32IN3O. The number of hydrogen-bond acceptors (Lipinski definition) is 2. The number of nitrogens with one attached hydrogen (secondary N) is 1. The molecule has 1 saturated heterocycles. The fourth-order valence-corrected chi connectivity index (χ4v) is 3.02. The zero-order chi connectivity index (χ0) is 17.0. The predicted molar refractivity (Wildman–Crippen MR) is 118 cm³/mol. The van der Waals surface area contributed by atoms with Crippen molar-refractivity contribution in [1.29, 1.82) is 0 Å². The molecule has 25 heavy (non-hydrogen) atoms. The van der Waals surface area contributed by atoms with E-state index in [4.69, 9.17) is 4.74 Å². The molecular weight excluding hydrogens is 425 g/mol. The zero-order valence-corrected chi connectivity index (χ0v) is 17.9. The van der Waals surface area contributed by atoms with Crippen molar-refractivity contribution in [3.05, 3.63) is 41.5 Å². The van der Waals surface area contributed by atoms with Crippen molar-refractivity contribution < 1.29 is 4.74 Å². The van der Waals surface area contributed by atoms with Crippen LogP contribution < -0.4 is 5.32 Å². The molecule has 1 fully saturated rings. The Morgan fingerprint density at radius 1 is 1.16 bits per heavy atom. The van der Waals surface area contributed by atoms with Crippen molar-refractivity contribution in [2.45, 2.75) is 32.1 Å². The molecule has 1 aromatic rings. The third-order valence-corrected chi connectivity index (χ3v) is 4.40. The monoisotopic (exact) mass is 457 g/mol. The molecule has 1 aliphatic rings. The molecule has 0 aliphatic carbocycles. The number of benzene rings is 1. The van der Waals surface area contributed by atoms with Crippen LogP contribution >= 0.6 is 24.0 Å². The van der Waals surface area contributed by atoms with E-state index in [1.807, 2.05) is 7.05 Å². The molecule has 1 aromatic carbocycles. The van der Waals surface area contributed by atoms with E-state index in [1.165, 1.54) is 17.6 Å². The normalized spacial score (nSPS) is 14.9. The maximum Gasteiger partial charge on any atom is 0.193 e. The van der Waals surface area contributed by atoms with Gasteiger partial charge in [0.05, 0.1) is 0 Å². The van der Waals surface area contributed by atoms with Gasteiger partial charge in [0.2, 0.25) is 0 Å². The molecule has 0 unspecified atom stereocenters. The van der Waals surface area contributed by atoms with Gasteiger partial charge < -0.3 is 15.0 Å². The Hall–Kier alpha value is -1.08. The van der Waals surface area contributed by atoms with E-state index in [0.29, 0.717) is 0 Å². The lowest BCUT2D eigenvalue weighted by Gasteiger charge is -2.31. The number of aliphatic imine (C=N–C) groups is 1. The number of hydrogen-bond donors (Lipinski definition) is 1. The molecule has 4 nitrogen and oxygen atoms in total. The van der Waals surface area contributed by atoms with E-state index < -0.39 is 0 Å². The van der Waals surface area contributed by atoms with E-state index in [2.05, 4.69) is 51.6 Å².